The monoisotopic (exact) mass is 392 g/mol. The molecule has 0 saturated carbocycles. The topological polar surface area (TPSA) is 80.3 Å². The molecule has 2 N–H and O–H groups in total. The van der Waals surface area contributed by atoms with Crippen LogP contribution in [0.1, 0.15) is 35.2 Å². The van der Waals surface area contributed by atoms with Crippen molar-refractivity contribution in [3.8, 4) is 11.5 Å². The molecular formula is C21H32N2O5. The van der Waals surface area contributed by atoms with Gasteiger partial charge in [-0.05, 0) is 37.9 Å². The van der Waals surface area contributed by atoms with Crippen LogP contribution in [0.5, 0.6) is 11.5 Å². The Bertz CT molecular complexity index is 666. The number of benzene rings is 1. The molecule has 2 aliphatic rings. The van der Waals surface area contributed by atoms with E-state index in [1.165, 1.54) is 0 Å². The molecule has 28 heavy (non-hydrogen) atoms. The van der Waals surface area contributed by atoms with E-state index in [1.54, 1.807) is 13.2 Å². The summed E-state index contributed by atoms with van der Waals surface area (Å²) in [5.74, 6) is 1.07. The average molecular weight is 392 g/mol. The van der Waals surface area contributed by atoms with Crippen molar-refractivity contribution in [2.75, 3.05) is 53.1 Å². The highest BCUT2D eigenvalue weighted by Crippen LogP contribution is 2.36. The molecule has 0 spiro atoms. The van der Waals surface area contributed by atoms with Crippen molar-refractivity contribution in [3.05, 3.63) is 23.3 Å². The maximum atomic E-state index is 12.8. The van der Waals surface area contributed by atoms with Gasteiger partial charge in [-0.15, -0.1) is 0 Å². The van der Waals surface area contributed by atoms with Crippen LogP contribution in [0.4, 0.5) is 0 Å². The Kier molecular flexibility index (Phi) is 7.53. The molecule has 1 fully saturated rings. The standard InChI is InChI=1S/C21H32N2O5/c1-15-5-6-17(20-19(15)27-11-4-12-28-20)21(25)22-13-16-7-9-23(14-18(16)24)8-3-10-26-2/h5-6,16,18,24H,3-4,7-14H2,1-2H3,(H,22,25)/t16-,18?/m0/s1. The number of hydrogen-bond acceptors (Lipinski definition) is 6. The molecule has 1 aromatic rings. The molecule has 2 atom stereocenters. The summed E-state index contributed by atoms with van der Waals surface area (Å²) in [6.07, 6.45) is 2.18. The third kappa shape index (κ3) is 5.16. The van der Waals surface area contributed by atoms with Gasteiger partial charge in [0.2, 0.25) is 0 Å². The zero-order valence-corrected chi connectivity index (χ0v) is 16.9. The van der Waals surface area contributed by atoms with Crippen LogP contribution in [-0.4, -0.2) is 75.1 Å². The highest BCUT2D eigenvalue weighted by molar-refractivity contribution is 5.98. The Hall–Kier alpha value is -1.83. The van der Waals surface area contributed by atoms with Crippen LogP contribution < -0.4 is 14.8 Å². The summed E-state index contributed by atoms with van der Waals surface area (Å²) in [4.78, 5) is 15.0. The summed E-state index contributed by atoms with van der Waals surface area (Å²) in [6, 6.07) is 3.67. The number of methoxy groups -OCH3 is 1. The first-order valence-electron chi connectivity index (χ1n) is 10.2. The van der Waals surface area contributed by atoms with E-state index in [4.69, 9.17) is 14.2 Å². The highest BCUT2D eigenvalue weighted by atomic mass is 16.5. The normalized spacial score (nSPS) is 22.5. The van der Waals surface area contributed by atoms with Gasteiger partial charge in [0.05, 0.1) is 24.9 Å². The van der Waals surface area contributed by atoms with Crippen LogP contribution >= 0.6 is 0 Å². The van der Waals surface area contributed by atoms with Gasteiger partial charge in [0.1, 0.15) is 0 Å². The first-order chi connectivity index (χ1) is 13.6. The van der Waals surface area contributed by atoms with E-state index in [9.17, 15) is 9.90 Å². The number of carbonyl (C=O) groups excluding carboxylic acids is 1. The number of piperidine rings is 1. The second-order valence-corrected chi connectivity index (χ2v) is 7.61. The van der Waals surface area contributed by atoms with Crippen molar-refractivity contribution in [3.63, 3.8) is 0 Å². The van der Waals surface area contributed by atoms with Crippen molar-refractivity contribution in [1.29, 1.82) is 0 Å². The summed E-state index contributed by atoms with van der Waals surface area (Å²) in [6.45, 7) is 6.77. The van der Waals surface area contributed by atoms with Gasteiger partial charge < -0.3 is 29.5 Å². The molecule has 3 rings (SSSR count). The van der Waals surface area contributed by atoms with Crippen LogP contribution in [0.15, 0.2) is 12.1 Å². The molecule has 1 amide bonds. The number of ether oxygens (including phenoxy) is 3. The number of carbonyl (C=O) groups is 1. The van der Waals surface area contributed by atoms with Gasteiger partial charge in [-0.25, -0.2) is 0 Å². The molecular weight excluding hydrogens is 360 g/mol. The third-order valence-corrected chi connectivity index (χ3v) is 5.49. The van der Waals surface area contributed by atoms with E-state index in [-0.39, 0.29) is 11.8 Å². The lowest BCUT2D eigenvalue weighted by Gasteiger charge is -2.36. The molecule has 1 unspecified atom stereocenters. The van der Waals surface area contributed by atoms with Gasteiger partial charge in [-0.1, -0.05) is 6.07 Å². The first kappa shape index (κ1) is 20.9. The lowest BCUT2D eigenvalue weighted by atomic mass is 9.93. The van der Waals surface area contributed by atoms with Crippen molar-refractivity contribution in [2.24, 2.45) is 5.92 Å². The van der Waals surface area contributed by atoms with Crippen LogP contribution in [0, 0.1) is 12.8 Å². The van der Waals surface area contributed by atoms with Gasteiger partial charge in [0.25, 0.3) is 5.91 Å². The lowest BCUT2D eigenvalue weighted by Crippen LogP contribution is -2.48. The van der Waals surface area contributed by atoms with E-state index in [2.05, 4.69) is 10.2 Å². The number of aryl methyl sites for hydroxylation is 1. The first-order valence-corrected chi connectivity index (χ1v) is 10.2. The van der Waals surface area contributed by atoms with Crippen molar-refractivity contribution in [2.45, 2.75) is 32.3 Å². The molecule has 7 nitrogen and oxygen atoms in total. The van der Waals surface area contributed by atoms with Crippen LogP contribution in [-0.2, 0) is 4.74 Å². The Morgan fingerprint density at radius 2 is 2.11 bits per heavy atom. The number of nitrogens with zero attached hydrogens (tertiary/aromatic N) is 1. The fraction of sp³-hybridized carbons (Fsp3) is 0.667. The zero-order valence-electron chi connectivity index (χ0n) is 16.9. The number of rotatable bonds is 7. The quantitative estimate of drug-likeness (QED) is 0.687. The Balaban J connectivity index is 1.55. The second-order valence-electron chi connectivity index (χ2n) is 7.61. The Labute approximate surface area is 166 Å². The minimum Gasteiger partial charge on any atom is -0.489 e. The van der Waals surface area contributed by atoms with Crippen LogP contribution in [0.25, 0.3) is 0 Å². The number of likely N-dealkylation sites (tertiary alicyclic amines) is 1. The smallest absolute Gasteiger partial charge is 0.255 e. The molecule has 7 heteroatoms. The summed E-state index contributed by atoms with van der Waals surface area (Å²) in [7, 11) is 1.70. The maximum absolute atomic E-state index is 12.8. The van der Waals surface area contributed by atoms with Gasteiger partial charge >= 0.3 is 0 Å². The van der Waals surface area contributed by atoms with E-state index in [1.807, 2.05) is 13.0 Å². The van der Waals surface area contributed by atoms with Crippen molar-refractivity contribution >= 4 is 5.91 Å². The number of aliphatic hydroxyl groups is 1. The SMILES string of the molecule is COCCCN1CC[C@@H](CNC(=O)c2ccc(C)c3c2OCCCO3)C(O)C1. The summed E-state index contributed by atoms with van der Waals surface area (Å²) in [5, 5.41) is 13.5. The van der Waals surface area contributed by atoms with Crippen molar-refractivity contribution in [1.82, 2.24) is 10.2 Å². The maximum Gasteiger partial charge on any atom is 0.255 e. The molecule has 0 radical (unpaired) electrons. The minimum atomic E-state index is -0.439. The van der Waals surface area contributed by atoms with Crippen LogP contribution in [0.2, 0.25) is 0 Å². The van der Waals surface area contributed by atoms with Gasteiger partial charge in [0, 0.05) is 45.7 Å². The molecule has 1 aromatic carbocycles. The highest BCUT2D eigenvalue weighted by Gasteiger charge is 2.28. The summed E-state index contributed by atoms with van der Waals surface area (Å²) < 4.78 is 16.7. The summed E-state index contributed by atoms with van der Waals surface area (Å²) in [5.41, 5.74) is 1.46. The Morgan fingerprint density at radius 3 is 2.86 bits per heavy atom. The van der Waals surface area contributed by atoms with E-state index >= 15 is 0 Å². The number of hydrogen-bond donors (Lipinski definition) is 2. The number of β-amino-alcohol motifs (C(OH)–C–C–N with tert-alkyl or cyclic N) is 1. The molecule has 0 aromatic heterocycles. The molecule has 0 bridgehead atoms. The Morgan fingerprint density at radius 1 is 1.32 bits per heavy atom. The van der Waals surface area contributed by atoms with Gasteiger partial charge in [-0.3, -0.25) is 4.79 Å². The fourth-order valence-corrected chi connectivity index (χ4v) is 3.81. The second kappa shape index (κ2) is 10.1. The number of aliphatic hydroxyl groups excluding tert-OH is 1. The average Bonchev–Trinajstić information content (AvgIpc) is 2.94. The molecule has 156 valence electrons. The van der Waals surface area contributed by atoms with E-state index in [0.717, 1.165) is 44.5 Å². The van der Waals surface area contributed by atoms with Gasteiger partial charge in [0.15, 0.2) is 11.5 Å². The number of nitrogens with one attached hydrogen (secondary N) is 1. The number of amides is 1. The van der Waals surface area contributed by atoms with Crippen molar-refractivity contribution < 1.29 is 24.1 Å². The predicted molar refractivity (Wildman–Crippen MR) is 106 cm³/mol. The van der Waals surface area contributed by atoms with Gasteiger partial charge in [-0.2, -0.15) is 0 Å². The lowest BCUT2D eigenvalue weighted by molar-refractivity contribution is 0.0192. The number of fused-ring (bicyclic) bond motifs is 1. The van der Waals surface area contributed by atoms with E-state index < -0.39 is 6.10 Å². The fourth-order valence-electron chi connectivity index (χ4n) is 3.81. The van der Waals surface area contributed by atoms with Crippen LogP contribution in [0.3, 0.4) is 0 Å². The molecule has 2 heterocycles. The minimum absolute atomic E-state index is 0.0591. The third-order valence-electron chi connectivity index (χ3n) is 5.49. The summed E-state index contributed by atoms with van der Waals surface area (Å²) >= 11 is 0. The van der Waals surface area contributed by atoms with E-state index in [0.29, 0.717) is 43.4 Å². The largest absolute Gasteiger partial charge is 0.489 e. The zero-order chi connectivity index (χ0) is 19.9. The predicted octanol–water partition coefficient (Wildman–Crippen LogP) is 1.61. The molecule has 1 saturated heterocycles. The molecule has 2 aliphatic heterocycles. The molecule has 0 aliphatic carbocycles.